The average molecular weight is 196 g/mol. The van der Waals surface area contributed by atoms with Gasteiger partial charge in [0, 0.05) is 11.3 Å². The zero-order valence-electron chi connectivity index (χ0n) is 8.47. The number of halogens is 1. The van der Waals surface area contributed by atoms with E-state index in [1.165, 1.54) is 6.92 Å². The van der Waals surface area contributed by atoms with E-state index < -0.39 is 5.82 Å². The molecule has 0 heterocycles. The fourth-order valence-electron chi connectivity index (χ4n) is 1.31. The molecule has 0 aliphatic carbocycles. The molecule has 14 heavy (non-hydrogen) atoms. The Kier molecular flexibility index (Phi) is 2.84. The number of hydrogen-bond acceptors (Lipinski definition) is 3. The van der Waals surface area contributed by atoms with E-state index in [9.17, 15) is 9.30 Å². The largest absolute Gasteiger partial charge is 0.398 e. The van der Waals surface area contributed by atoms with E-state index in [0.717, 1.165) is 0 Å². The summed E-state index contributed by atoms with van der Waals surface area (Å²) >= 11 is 0. The first-order valence-electron chi connectivity index (χ1n) is 4.40. The summed E-state index contributed by atoms with van der Waals surface area (Å²) in [7, 11) is 0. The minimum Gasteiger partial charge on any atom is -0.398 e. The molecule has 0 spiro atoms. The van der Waals surface area contributed by atoms with Gasteiger partial charge in [-0.1, -0.05) is 13.8 Å². The average Bonchev–Trinajstić information content (AvgIpc) is 2.13. The summed E-state index contributed by atoms with van der Waals surface area (Å²) < 4.78 is 13.5. The second kappa shape index (κ2) is 3.74. The van der Waals surface area contributed by atoms with E-state index in [1.54, 1.807) is 6.07 Å². The van der Waals surface area contributed by atoms with Gasteiger partial charge < -0.3 is 5.73 Å². The summed E-state index contributed by atoms with van der Waals surface area (Å²) in [6.07, 6.45) is 0. The molecule has 0 fully saturated rings. The Labute approximate surface area is 82.1 Å². The SMILES string of the molecule is Cc1c(N)cc(C(C)C)c(N=O)c1F. The van der Waals surface area contributed by atoms with E-state index in [-0.39, 0.29) is 17.2 Å². The molecular weight excluding hydrogens is 183 g/mol. The molecule has 3 nitrogen and oxygen atoms in total. The molecule has 2 N–H and O–H groups in total. The highest BCUT2D eigenvalue weighted by Crippen LogP contribution is 2.34. The van der Waals surface area contributed by atoms with E-state index in [1.807, 2.05) is 13.8 Å². The number of nitrogens with two attached hydrogens (primary N) is 1. The molecule has 0 aromatic heterocycles. The summed E-state index contributed by atoms with van der Waals surface area (Å²) in [5.74, 6) is -0.580. The van der Waals surface area contributed by atoms with Gasteiger partial charge in [0.1, 0.15) is 5.69 Å². The van der Waals surface area contributed by atoms with Crippen molar-refractivity contribution >= 4 is 11.4 Å². The zero-order chi connectivity index (χ0) is 10.9. The first-order chi connectivity index (χ1) is 6.49. The number of nitrogen functional groups attached to an aromatic ring is 1. The maximum Gasteiger partial charge on any atom is 0.157 e. The van der Waals surface area contributed by atoms with Crippen molar-refractivity contribution in [3.63, 3.8) is 0 Å². The number of hydrogen-bond donors (Lipinski definition) is 1. The zero-order valence-corrected chi connectivity index (χ0v) is 8.47. The lowest BCUT2D eigenvalue weighted by atomic mass is 9.98. The van der Waals surface area contributed by atoms with Gasteiger partial charge in [-0.2, -0.15) is 0 Å². The van der Waals surface area contributed by atoms with Gasteiger partial charge in [0.25, 0.3) is 0 Å². The van der Waals surface area contributed by atoms with Crippen LogP contribution < -0.4 is 5.73 Å². The smallest absolute Gasteiger partial charge is 0.157 e. The molecule has 0 amide bonds. The molecule has 0 aliphatic rings. The lowest BCUT2D eigenvalue weighted by molar-refractivity contribution is 0.617. The summed E-state index contributed by atoms with van der Waals surface area (Å²) in [4.78, 5) is 10.5. The van der Waals surface area contributed by atoms with Gasteiger partial charge in [-0.05, 0) is 29.6 Å². The second-order valence-electron chi connectivity index (χ2n) is 3.59. The monoisotopic (exact) mass is 196 g/mol. The predicted molar refractivity (Wildman–Crippen MR) is 55.1 cm³/mol. The van der Waals surface area contributed by atoms with E-state index in [4.69, 9.17) is 5.73 Å². The number of rotatable bonds is 2. The second-order valence-corrected chi connectivity index (χ2v) is 3.59. The molecule has 1 aromatic rings. The van der Waals surface area contributed by atoms with Crippen LogP contribution in [0.3, 0.4) is 0 Å². The highest BCUT2D eigenvalue weighted by atomic mass is 19.1. The van der Waals surface area contributed by atoms with Crippen molar-refractivity contribution in [1.29, 1.82) is 0 Å². The molecule has 4 heteroatoms. The minimum atomic E-state index is -0.608. The summed E-state index contributed by atoms with van der Waals surface area (Å²) in [5.41, 5.74) is 6.68. The van der Waals surface area contributed by atoms with Crippen LogP contribution in [-0.2, 0) is 0 Å². The van der Waals surface area contributed by atoms with Gasteiger partial charge in [0.2, 0.25) is 0 Å². The molecule has 0 unspecified atom stereocenters. The summed E-state index contributed by atoms with van der Waals surface area (Å²) in [6, 6.07) is 1.61. The first kappa shape index (κ1) is 10.6. The Bertz CT molecular complexity index is 375. The van der Waals surface area contributed by atoms with Crippen LogP contribution in [0.25, 0.3) is 0 Å². The van der Waals surface area contributed by atoms with Crippen LogP contribution >= 0.6 is 0 Å². The van der Waals surface area contributed by atoms with Crippen LogP contribution in [0, 0.1) is 17.6 Å². The normalized spacial score (nSPS) is 10.6. The molecule has 1 rings (SSSR count). The first-order valence-corrected chi connectivity index (χ1v) is 4.40. The summed E-state index contributed by atoms with van der Waals surface area (Å²) in [6.45, 7) is 5.25. The third-order valence-electron chi connectivity index (χ3n) is 2.27. The number of nitroso groups, excluding NO2 is 1. The highest BCUT2D eigenvalue weighted by molar-refractivity contribution is 5.61. The van der Waals surface area contributed by atoms with Gasteiger partial charge >= 0.3 is 0 Å². The van der Waals surface area contributed by atoms with Crippen molar-refractivity contribution in [2.24, 2.45) is 5.18 Å². The molecule has 1 aromatic carbocycles. The molecule has 0 radical (unpaired) electrons. The Hall–Kier alpha value is -1.45. The van der Waals surface area contributed by atoms with Crippen molar-refractivity contribution in [3.05, 3.63) is 27.9 Å². The van der Waals surface area contributed by atoms with Gasteiger partial charge in [0.15, 0.2) is 5.82 Å². The topological polar surface area (TPSA) is 55.4 Å². The fraction of sp³-hybridized carbons (Fsp3) is 0.400. The van der Waals surface area contributed by atoms with E-state index >= 15 is 0 Å². The van der Waals surface area contributed by atoms with Gasteiger partial charge in [0.05, 0.1) is 0 Å². The van der Waals surface area contributed by atoms with Crippen LogP contribution in [0.15, 0.2) is 11.2 Å². The summed E-state index contributed by atoms with van der Waals surface area (Å²) in [5, 5.41) is 2.71. The highest BCUT2D eigenvalue weighted by Gasteiger charge is 2.16. The standard InChI is InChI=1S/C10H13FN2O/c1-5(2)7-4-8(12)6(3)9(11)10(7)13-14/h4-5H,12H2,1-3H3. The Morgan fingerprint density at radius 2 is 2.07 bits per heavy atom. The number of benzene rings is 1. The molecule has 0 bridgehead atoms. The van der Waals surface area contributed by atoms with Crippen LogP contribution in [0.1, 0.15) is 30.9 Å². The quantitative estimate of drug-likeness (QED) is 0.583. The Morgan fingerprint density at radius 3 is 2.50 bits per heavy atom. The predicted octanol–water partition coefficient (Wildman–Crippen LogP) is 3.24. The van der Waals surface area contributed by atoms with Crippen molar-refractivity contribution in [2.45, 2.75) is 26.7 Å². The minimum absolute atomic E-state index is 0.0279. The van der Waals surface area contributed by atoms with Crippen LogP contribution in [0.5, 0.6) is 0 Å². The third-order valence-corrected chi connectivity index (χ3v) is 2.27. The van der Waals surface area contributed by atoms with Gasteiger partial charge in [-0.25, -0.2) is 4.39 Å². The Morgan fingerprint density at radius 1 is 1.50 bits per heavy atom. The molecule has 0 aliphatic heterocycles. The lowest BCUT2D eigenvalue weighted by Crippen LogP contribution is -1.99. The molecule has 76 valence electrons. The third kappa shape index (κ3) is 1.60. The molecule has 0 saturated heterocycles. The lowest BCUT2D eigenvalue weighted by Gasteiger charge is -2.11. The maximum atomic E-state index is 13.5. The fourth-order valence-corrected chi connectivity index (χ4v) is 1.31. The van der Waals surface area contributed by atoms with E-state index in [2.05, 4.69) is 5.18 Å². The van der Waals surface area contributed by atoms with Crippen LogP contribution in [0.2, 0.25) is 0 Å². The van der Waals surface area contributed by atoms with Crippen LogP contribution in [0.4, 0.5) is 15.8 Å². The van der Waals surface area contributed by atoms with Gasteiger partial charge in [-0.3, -0.25) is 0 Å². The maximum absolute atomic E-state index is 13.5. The van der Waals surface area contributed by atoms with Crippen LogP contribution in [-0.4, -0.2) is 0 Å². The van der Waals surface area contributed by atoms with Crippen molar-refractivity contribution in [2.75, 3.05) is 5.73 Å². The van der Waals surface area contributed by atoms with Crippen molar-refractivity contribution < 1.29 is 4.39 Å². The number of nitrogens with zero attached hydrogens (tertiary/aromatic N) is 1. The Balaban J connectivity index is 3.51. The van der Waals surface area contributed by atoms with Crippen molar-refractivity contribution in [3.8, 4) is 0 Å². The van der Waals surface area contributed by atoms with Crippen molar-refractivity contribution in [1.82, 2.24) is 0 Å². The number of anilines is 1. The van der Waals surface area contributed by atoms with E-state index in [0.29, 0.717) is 11.3 Å². The molecular formula is C10H13FN2O. The molecule has 0 saturated carbocycles. The molecule has 0 atom stereocenters. The van der Waals surface area contributed by atoms with Gasteiger partial charge in [-0.15, -0.1) is 4.91 Å².